The molecule has 0 spiro atoms. The summed E-state index contributed by atoms with van der Waals surface area (Å²) >= 11 is 0. The molecule has 0 saturated heterocycles. The monoisotopic (exact) mass is 346 g/mol. The zero-order valence-corrected chi connectivity index (χ0v) is 14.5. The lowest BCUT2D eigenvalue weighted by Crippen LogP contribution is -2.45. The van der Waals surface area contributed by atoms with Gasteiger partial charge < -0.3 is 9.84 Å². The highest BCUT2D eigenvalue weighted by atomic mass is 16.5. The highest BCUT2D eigenvalue weighted by molar-refractivity contribution is 6.07. The Hall–Kier alpha value is -3.20. The molecule has 2 heterocycles. The first-order chi connectivity index (χ1) is 12.6. The van der Waals surface area contributed by atoms with Gasteiger partial charge in [0, 0.05) is 5.56 Å². The number of nitrogens with one attached hydrogen (secondary N) is 1. The lowest BCUT2D eigenvalue weighted by Gasteiger charge is -2.22. The van der Waals surface area contributed by atoms with Crippen molar-refractivity contribution in [1.82, 2.24) is 15.5 Å². The van der Waals surface area contributed by atoms with Crippen molar-refractivity contribution in [2.45, 2.75) is 38.1 Å². The maximum atomic E-state index is 13.1. The molecule has 3 aromatic rings. The molecule has 1 aromatic carbocycles. The molecule has 0 aliphatic heterocycles. The maximum absolute atomic E-state index is 13.1. The first-order valence-corrected chi connectivity index (χ1v) is 8.68. The van der Waals surface area contributed by atoms with E-state index in [1.54, 1.807) is 13.0 Å². The number of rotatable bonds is 3. The minimum atomic E-state index is -0.787. The molecule has 1 amide bonds. The van der Waals surface area contributed by atoms with Crippen LogP contribution in [0.1, 0.15) is 41.7 Å². The van der Waals surface area contributed by atoms with E-state index in [0.29, 0.717) is 40.9 Å². The maximum Gasteiger partial charge on any atom is 0.259 e. The molecule has 1 aliphatic rings. The van der Waals surface area contributed by atoms with Gasteiger partial charge >= 0.3 is 0 Å². The van der Waals surface area contributed by atoms with E-state index >= 15 is 0 Å². The summed E-state index contributed by atoms with van der Waals surface area (Å²) in [5.41, 5.74) is 2.10. The molecule has 2 aromatic heterocycles. The number of benzene rings is 1. The Morgan fingerprint density at radius 3 is 2.69 bits per heavy atom. The average Bonchev–Trinajstić information content (AvgIpc) is 3.29. The topological polar surface area (TPSA) is 91.8 Å². The standard InChI is InChI=1S/C20H18N4O2/c1-13-17-15(18(25)23-20(12-21)9-5-6-10-20)11-16(22-19(17)26-24-13)14-7-3-2-4-8-14/h2-4,7-8,11H,5-6,9-10H2,1H3,(H,23,25). The summed E-state index contributed by atoms with van der Waals surface area (Å²) in [4.78, 5) is 17.6. The zero-order chi connectivity index (χ0) is 18.1. The molecule has 130 valence electrons. The van der Waals surface area contributed by atoms with Crippen LogP contribution in [0.3, 0.4) is 0 Å². The molecule has 1 saturated carbocycles. The van der Waals surface area contributed by atoms with Crippen molar-refractivity contribution < 1.29 is 9.32 Å². The average molecular weight is 346 g/mol. The van der Waals surface area contributed by atoms with Gasteiger partial charge in [0.25, 0.3) is 11.6 Å². The summed E-state index contributed by atoms with van der Waals surface area (Å²) in [5, 5.41) is 17.1. The Morgan fingerprint density at radius 2 is 2.00 bits per heavy atom. The summed E-state index contributed by atoms with van der Waals surface area (Å²) < 4.78 is 5.32. The van der Waals surface area contributed by atoms with Crippen LogP contribution in [0.25, 0.3) is 22.4 Å². The third-order valence-electron chi connectivity index (χ3n) is 4.96. The van der Waals surface area contributed by atoms with Crippen LogP contribution < -0.4 is 5.32 Å². The van der Waals surface area contributed by atoms with E-state index in [2.05, 4.69) is 21.5 Å². The molecule has 26 heavy (non-hydrogen) atoms. The van der Waals surface area contributed by atoms with E-state index in [1.807, 2.05) is 30.3 Å². The Labute approximate surface area is 150 Å². The van der Waals surface area contributed by atoms with Gasteiger partial charge in [-0.1, -0.05) is 35.5 Å². The molecule has 1 aliphatic carbocycles. The quantitative estimate of drug-likeness (QED) is 0.779. The molecule has 6 nitrogen and oxygen atoms in total. The highest BCUT2D eigenvalue weighted by Crippen LogP contribution is 2.31. The van der Waals surface area contributed by atoms with Crippen molar-refractivity contribution in [1.29, 1.82) is 5.26 Å². The lowest BCUT2D eigenvalue weighted by atomic mass is 9.98. The van der Waals surface area contributed by atoms with Crippen LogP contribution in [-0.2, 0) is 0 Å². The van der Waals surface area contributed by atoms with Gasteiger partial charge in [-0.2, -0.15) is 5.26 Å². The summed E-state index contributed by atoms with van der Waals surface area (Å²) in [5.74, 6) is -0.288. The molecule has 4 rings (SSSR count). The Morgan fingerprint density at radius 1 is 1.27 bits per heavy atom. The van der Waals surface area contributed by atoms with Crippen LogP contribution in [-0.4, -0.2) is 21.6 Å². The van der Waals surface area contributed by atoms with Crippen molar-refractivity contribution in [3.05, 3.63) is 47.7 Å². The SMILES string of the molecule is Cc1noc2nc(-c3ccccc3)cc(C(=O)NC3(C#N)CCCC3)c12. The fourth-order valence-electron chi connectivity index (χ4n) is 3.56. The number of pyridine rings is 1. The van der Waals surface area contributed by atoms with Gasteiger partial charge in [-0.05, 0) is 38.7 Å². The Balaban J connectivity index is 1.81. The lowest BCUT2D eigenvalue weighted by molar-refractivity contribution is 0.0922. The van der Waals surface area contributed by atoms with E-state index in [0.717, 1.165) is 18.4 Å². The normalized spacial score (nSPS) is 15.7. The van der Waals surface area contributed by atoms with E-state index < -0.39 is 5.54 Å². The second-order valence-corrected chi connectivity index (χ2v) is 6.72. The van der Waals surface area contributed by atoms with Gasteiger partial charge in [0.2, 0.25) is 0 Å². The number of fused-ring (bicyclic) bond motifs is 1. The highest BCUT2D eigenvalue weighted by Gasteiger charge is 2.36. The Bertz CT molecular complexity index is 1010. The fraction of sp³-hybridized carbons (Fsp3) is 0.300. The van der Waals surface area contributed by atoms with Crippen LogP contribution in [0.15, 0.2) is 40.9 Å². The number of aryl methyl sites for hydroxylation is 1. The second kappa shape index (κ2) is 6.26. The van der Waals surface area contributed by atoms with E-state index in [4.69, 9.17) is 4.52 Å². The summed E-state index contributed by atoms with van der Waals surface area (Å²) in [7, 11) is 0. The summed E-state index contributed by atoms with van der Waals surface area (Å²) in [6.45, 7) is 1.78. The van der Waals surface area contributed by atoms with Crippen molar-refractivity contribution in [2.75, 3.05) is 0 Å². The minimum Gasteiger partial charge on any atom is -0.335 e. The first kappa shape index (κ1) is 16.3. The Kier molecular flexibility index (Phi) is 3.92. The number of nitrogens with zero attached hydrogens (tertiary/aromatic N) is 3. The largest absolute Gasteiger partial charge is 0.335 e. The van der Waals surface area contributed by atoms with Gasteiger partial charge in [0.15, 0.2) is 0 Å². The second-order valence-electron chi connectivity index (χ2n) is 6.72. The number of carbonyl (C=O) groups is 1. The van der Waals surface area contributed by atoms with Crippen LogP contribution >= 0.6 is 0 Å². The van der Waals surface area contributed by atoms with E-state index in [1.165, 1.54) is 0 Å². The van der Waals surface area contributed by atoms with Gasteiger partial charge in [-0.3, -0.25) is 4.79 Å². The van der Waals surface area contributed by atoms with Gasteiger partial charge in [-0.25, -0.2) is 4.98 Å². The number of carbonyl (C=O) groups excluding carboxylic acids is 1. The predicted molar refractivity (Wildman–Crippen MR) is 96.3 cm³/mol. The smallest absolute Gasteiger partial charge is 0.259 e. The van der Waals surface area contributed by atoms with E-state index in [-0.39, 0.29) is 5.91 Å². The number of aromatic nitrogens is 2. The van der Waals surface area contributed by atoms with Crippen LogP contribution in [0, 0.1) is 18.3 Å². The molecule has 0 radical (unpaired) electrons. The summed E-state index contributed by atoms with van der Waals surface area (Å²) in [6.07, 6.45) is 3.25. The predicted octanol–water partition coefficient (Wildman–Crippen LogP) is 3.76. The van der Waals surface area contributed by atoms with Crippen molar-refractivity contribution in [2.24, 2.45) is 0 Å². The van der Waals surface area contributed by atoms with Crippen molar-refractivity contribution >= 4 is 17.0 Å². The molecule has 0 atom stereocenters. The summed E-state index contributed by atoms with van der Waals surface area (Å²) in [6, 6.07) is 13.6. The molecule has 6 heteroatoms. The first-order valence-electron chi connectivity index (χ1n) is 8.68. The van der Waals surface area contributed by atoms with Crippen molar-refractivity contribution in [3.8, 4) is 17.3 Å². The number of nitriles is 1. The minimum absolute atomic E-state index is 0.288. The van der Waals surface area contributed by atoms with Gasteiger partial charge in [0.05, 0.1) is 28.4 Å². The van der Waals surface area contributed by atoms with Gasteiger partial charge in [0.1, 0.15) is 5.54 Å². The fourth-order valence-corrected chi connectivity index (χ4v) is 3.56. The molecule has 1 N–H and O–H groups in total. The zero-order valence-electron chi connectivity index (χ0n) is 14.5. The van der Waals surface area contributed by atoms with Crippen LogP contribution in [0.2, 0.25) is 0 Å². The number of amides is 1. The molecule has 1 fully saturated rings. The van der Waals surface area contributed by atoms with Crippen LogP contribution in [0.4, 0.5) is 0 Å². The number of hydrogen-bond donors (Lipinski definition) is 1. The third kappa shape index (κ3) is 2.72. The van der Waals surface area contributed by atoms with Gasteiger partial charge in [-0.15, -0.1) is 0 Å². The van der Waals surface area contributed by atoms with Crippen LogP contribution in [0.5, 0.6) is 0 Å². The molecule has 0 bridgehead atoms. The molecular formula is C20H18N4O2. The molecule has 0 unspecified atom stereocenters. The number of hydrogen-bond acceptors (Lipinski definition) is 5. The van der Waals surface area contributed by atoms with Crippen molar-refractivity contribution in [3.63, 3.8) is 0 Å². The molecular weight excluding hydrogens is 328 g/mol. The third-order valence-corrected chi connectivity index (χ3v) is 4.96. The van der Waals surface area contributed by atoms with E-state index in [9.17, 15) is 10.1 Å².